The number of rotatable bonds is 5. The van der Waals surface area contributed by atoms with Crippen molar-refractivity contribution in [3.63, 3.8) is 0 Å². The number of halogens is 1. The van der Waals surface area contributed by atoms with Gasteiger partial charge in [0.15, 0.2) is 5.65 Å². The van der Waals surface area contributed by atoms with Gasteiger partial charge in [0.1, 0.15) is 11.5 Å². The zero-order valence-electron chi connectivity index (χ0n) is 19.3. The fraction of sp³-hybridized carbons (Fsp3) is 0.0714. The Morgan fingerprint density at radius 3 is 2.67 bits per heavy atom. The number of hydrogen-bond acceptors (Lipinski definition) is 4. The van der Waals surface area contributed by atoms with Crippen molar-refractivity contribution < 1.29 is 9.18 Å². The minimum atomic E-state index is -0.273. The van der Waals surface area contributed by atoms with Crippen molar-refractivity contribution in [2.75, 3.05) is 5.32 Å². The predicted molar refractivity (Wildman–Crippen MR) is 139 cm³/mol. The number of aromatic amines is 2. The van der Waals surface area contributed by atoms with Gasteiger partial charge < -0.3 is 10.3 Å². The summed E-state index contributed by atoms with van der Waals surface area (Å²) in [6.45, 7) is 1.80. The topological polar surface area (TPSA) is 99.3 Å². The van der Waals surface area contributed by atoms with Crippen molar-refractivity contribution in [2.24, 2.45) is 0 Å². The average molecular weight is 477 g/mol. The summed E-state index contributed by atoms with van der Waals surface area (Å²) in [6, 6.07) is 18.4. The van der Waals surface area contributed by atoms with Gasteiger partial charge in [0, 0.05) is 46.2 Å². The molecule has 0 aliphatic rings. The van der Waals surface area contributed by atoms with Crippen molar-refractivity contribution in [3.8, 4) is 33.6 Å². The number of carbonyl (C=O) groups is 1. The first-order valence-electron chi connectivity index (χ1n) is 11.6. The summed E-state index contributed by atoms with van der Waals surface area (Å²) in [5.74, 6) is -0.346. The van der Waals surface area contributed by atoms with Gasteiger partial charge in [0.25, 0.3) is 0 Å². The molecule has 3 N–H and O–H groups in total. The quantitative estimate of drug-likeness (QED) is 0.271. The highest BCUT2D eigenvalue weighted by Gasteiger charge is 2.15. The second kappa shape index (κ2) is 8.74. The molecule has 0 atom stereocenters. The van der Waals surface area contributed by atoms with E-state index in [0.717, 1.165) is 49.9 Å². The van der Waals surface area contributed by atoms with Gasteiger partial charge in [-0.1, -0.05) is 31.2 Å². The highest BCUT2D eigenvalue weighted by Crippen LogP contribution is 2.35. The second-order valence-electron chi connectivity index (χ2n) is 8.52. The molecule has 4 aromatic heterocycles. The smallest absolute Gasteiger partial charge is 0.224 e. The molecule has 4 heterocycles. The highest BCUT2D eigenvalue weighted by atomic mass is 19.1. The minimum Gasteiger partial charge on any atom is -0.353 e. The molecule has 6 aromatic rings. The van der Waals surface area contributed by atoms with Crippen molar-refractivity contribution in [2.45, 2.75) is 13.3 Å². The van der Waals surface area contributed by atoms with E-state index in [0.29, 0.717) is 17.8 Å². The van der Waals surface area contributed by atoms with E-state index in [9.17, 15) is 9.18 Å². The van der Waals surface area contributed by atoms with E-state index in [4.69, 9.17) is 0 Å². The van der Waals surface area contributed by atoms with E-state index in [2.05, 4.69) is 30.5 Å². The van der Waals surface area contributed by atoms with Crippen LogP contribution in [0.5, 0.6) is 0 Å². The largest absolute Gasteiger partial charge is 0.353 e. The molecule has 0 spiro atoms. The summed E-state index contributed by atoms with van der Waals surface area (Å²) >= 11 is 0. The van der Waals surface area contributed by atoms with Crippen LogP contribution < -0.4 is 5.32 Å². The Morgan fingerprint density at radius 2 is 1.81 bits per heavy atom. The molecular weight excluding hydrogens is 455 g/mol. The third kappa shape index (κ3) is 3.88. The lowest BCUT2D eigenvalue weighted by molar-refractivity contribution is -0.115. The lowest BCUT2D eigenvalue weighted by Crippen LogP contribution is -2.09. The van der Waals surface area contributed by atoms with Crippen LogP contribution in [0.25, 0.3) is 55.6 Å². The number of amides is 1. The minimum absolute atomic E-state index is 0.0731. The maximum atomic E-state index is 13.9. The number of anilines is 1. The Bertz CT molecular complexity index is 1750. The zero-order chi connectivity index (χ0) is 24.6. The van der Waals surface area contributed by atoms with Gasteiger partial charge in [0.2, 0.25) is 5.91 Å². The fourth-order valence-corrected chi connectivity index (χ4v) is 4.37. The summed E-state index contributed by atoms with van der Waals surface area (Å²) in [5.41, 5.74) is 7.18. The van der Waals surface area contributed by atoms with E-state index in [1.165, 1.54) is 12.1 Å². The van der Waals surface area contributed by atoms with Crippen LogP contribution in [-0.4, -0.2) is 31.1 Å². The van der Waals surface area contributed by atoms with Crippen LogP contribution in [0.15, 0.2) is 79.3 Å². The first-order chi connectivity index (χ1) is 17.6. The monoisotopic (exact) mass is 476 g/mol. The van der Waals surface area contributed by atoms with Crippen LogP contribution in [-0.2, 0) is 4.79 Å². The number of nitrogens with zero attached hydrogens (tertiary/aromatic N) is 3. The molecule has 6 rings (SSSR count). The molecule has 0 saturated heterocycles. The number of H-pyrrole nitrogens is 2. The number of hydrogen-bond donors (Lipinski definition) is 3. The molecule has 0 fully saturated rings. The summed E-state index contributed by atoms with van der Waals surface area (Å²) < 4.78 is 13.9. The summed E-state index contributed by atoms with van der Waals surface area (Å²) in [4.78, 5) is 24.1. The maximum Gasteiger partial charge on any atom is 0.224 e. The lowest BCUT2D eigenvalue weighted by atomic mass is 10.0. The molecule has 8 heteroatoms. The molecule has 0 radical (unpaired) electrons. The molecule has 0 bridgehead atoms. The Morgan fingerprint density at radius 1 is 0.944 bits per heavy atom. The molecule has 7 nitrogen and oxygen atoms in total. The van der Waals surface area contributed by atoms with E-state index < -0.39 is 0 Å². The zero-order valence-corrected chi connectivity index (χ0v) is 19.3. The van der Waals surface area contributed by atoms with Gasteiger partial charge in [0.05, 0.1) is 17.6 Å². The average Bonchev–Trinajstić information content (AvgIpc) is 3.52. The van der Waals surface area contributed by atoms with Gasteiger partial charge in [-0.2, -0.15) is 5.10 Å². The van der Waals surface area contributed by atoms with Crippen molar-refractivity contribution in [1.29, 1.82) is 0 Å². The van der Waals surface area contributed by atoms with E-state index >= 15 is 0 Å². The van der Waals surface area contributed by atoms with E-state index in [1.807, 2.05) is 42.5 Å². The van der Waals surface area contributed by atoms with E-state index in [-0.39, 0.29) is 11.7 Å². The third-order valence-corrected chi connectivity index (χ3v) is 6.15. The molecule has 0 aliphatic heterocycles. The van der Waals surface area contributed by atoms with Crippen LogP contribution in [0.3, 0.4) is 0 Å². The van der Waals surface area contributed by atoms with Gasteiger partial charge in [-0.05, 0) is 47.5 Å². The van der Waals surface area contributed by atoms with E-state index in [1.54, 1.807) is 31.6 Å². The fourth-order valence-electron chi connectivity index (χ4n) is 4.37. The highest BCUT2D eigenvalue weighted by molar-refractivity contribution is 6.01. The van der Waals surface area contributed by atoms with Crippen LogP contribution in [0.1, 0.15) is 13.3 Å². The summed E-state index contributed by atoms with van der Waals surface area (Å²) in [6.07, 6.45) is 5.49. The summed E-state index contributed by atoms with van der Waals surface area (Å²) in [5, 5.41) is 12.2. The number of pyridine rings is 2. The first kappa shape index (κ1) is 21.7. The van der Waals surface area contributed by atoms with Crippen LogP contribution in [0.4, 0.5) is 10.1 Å². The van der Waals surface area contributed by atoms with Gasteiger partial charge in [-0.3, -0.25) is 14.9 Å². The molecule has 0 saturated carbocycles. The normalized spacial score (nSPS) is 11.3. The molecule has 176 valence electrons. The standard InChI is InChI=1S/C28H21FN6O/c1-2-26(36)32-20-10-17(13-30-15-20)18-11-23-27(34-35-28(23)31-14-18)25-12-22-21(7-4-8-24(22)33-25)16-5-3-6-19(29)9-16/h3-15,33H,2H2,1H3,(H,32,36)(H,31,34,35). The van der Waals surface area contributed by atoms with Crippen molar-refractivity contribution in [1.82, 2.24) is 25.1 Å². The Labute approximate surface area is 205 Å². The number of benzene rings is 2. The van der Waals surface area contributed by atoms with Gasteiger partial charge >= 0.3 is 0 Å². The lowest BCUT2D eigenvalue weighted by Gasteiger charge is -2.06. The molecule has 2 aromatic carbocycles. The molecule has 0 aliphatic carbocycles. The van der Waals surface area contributed by atoms with Crippen molar-refractivity contribution in [3.05, 3.63) is 85.1 Å². The van der Waals surface area contributed by atoms with Gasteiger partial charge in [-0.25, -0.2) is 9.37 Å². The molecule has 36 heavy (non-hydrogen) atoms. The Balaban J connectivity index is 1.43. The number of aromatic nitrogens is 5. The number of nitrogens with one attached hydrogen (secondary N) is 3. The SMILES string of the molecule is CCC(=O)Nc1cncc(-c2cnc3[nH]nc(-c4cc5c(-c6cccc(F)c6)cccc5[nH]4)c3c2)c1. The molecule has 1 amide bonds. The predicted octanol–water partition coefficient (Wildman–Crippen LogP) is 6.32. The Kier molecular flexibility index (Phi) is 5.26. The van der Waals surface area contributed by atoms with Crippen molar-refractivity contribution >= 4 is 33.5 Å². The number of fused-ring (bicyclic) bond motifs is 2. The molecular formula is C28H21FN6O. The maximum absolute atomic E-state index is 13.9. The Hall–Kier alpha value is -4.85. The van der Waals surface area contributed by atoms with Gasteiger partial charge in [-0.15, -0.1) is 0 Å². The number of carbonyl (C=O) groups excluding carboxylic acids is 1. The first-order valence-corrected chi connectivity index (χ1v) is 11.6. The van der Waals surface area contributed by atoms with Crippen LogP contribution in [0.2, 0.25) is 0 Å². The third-order valence-electron chi connectivity index (χ3n) is 6.15. The summed E-state index contributed by atoms with van der Waals surface area (Å²) in [7, 11) is 0. The second-order valence-corrected chi connectivity index (χ2v) is 8.52. The molecule has 0 unspecified atom stereocenters. The van der Waals surface area contributed by atoms with Crippen LogP contribution >= 0.6 is 0 Å². The van der Waals surface area contributed by atoms with Crippen LogP contribution in [0, 0.1) is 5.82 Å².